The van der Waals surface area contributed by atoms with Gasteiger partial charge in [-0.25, -0.2) is 4.39 Å². The molecule has 98 valence electrons. The second-order valence-electron chi connectivity index (χ2n) is 4.33. The fourth-order valence-corrected chi connectivity index (χ4v) is 2.66. The summed E-state index contributed by atoms with van der Waals surface area (Å²) in [5.41, 5.74) is 1.85. The molecule has 0 radical (unpaired) electrons. The molecule has 4 heteroatoms. The van der Waals surface area contributed by atoms with Crippen LogP contribution in [0.25, 0.3) is 0 Å². The van der Waals surface area contributed by atoms with Gasteiger partial charge >= 0.3 is 0 Å². The number of Topliss-reactive ketones (excluding diaryl/α,β-unsaturated/α-hetero) is 1. The van der Waals surface area contributed by atoms with Crippen LogP contribution in [0.15, 0.2) is 40.9 Å². The van der Waals surface area contributed by atoms with Crippen molar-refractivity contribution in [2.75, 3.05) is 0 Å². The van der Waals surface area contributed by atoms with Crippen LogP contribution in [0.3, 0.4) is 0 Å². The van der Waals surface area contributed by atoms with E-state index < -0.39 is 5.82 Å². The Bertz CT molecular complexity index is 620. The lowest BCUT2D eigenvalue weighted by Crippen LogP contribution is -2.06. The molecule has 2 rings (SSSR count). The fraction of sp³-hybridized carbons (Fsp3) is 0.133. The summed E-state index contributed by atoms with van der Waals surface area (Å²) in [6.45, 7) is 1.90. The lowest BCUT2D eigenvalue weighted by Gasteiger charge is -2.06. The van der Waals surface area contributed by atoms with Crippen molar-refractivity contribution in [3.63, 3.8) is 0 Å². The molecule has 1 nitrogen and oxygen atoms in total. The Morgan fingerprint density at radius 3 is 2.74 bits per heavy atom. The minimum absolute atomic E-state index is 0.00227. The van der Waals surface area contributed by atoms with E-state index in [2.05, 4.69) is 15.9 Å². The lowest BCUT2D eigenvalue weighted by molar-refractivity contribution is 0.0991. The first-order chi connectivity index (χ1) is 8.97. The van der Waals surface area contributed by atoms with Crippen molar-refractivity contribution in [2.24, 2.45) is 0 Å². The SMILES string of the molecule is Cc1cc(Br)cc(C(=O)Cc2cccc(Cl)c2F)c1. The van der Waals surface area contributed by atoms with Crippen molar-refractivity contribution in [2.45, 2.75) is 13.3 Å². The third-order valence-electron chi connectivity index (χ3n) is 2.75. The van der Waals surface area contributed by atoms with Gasteiger partial charge in [-0.3, -0.25) is 4.79 Å². The number of rotatable bonds is 3. The Morgan fingerprint density at radius 1 is 1.32 bits per heavy atom. The van der Waals surface area contributed by atoms with Crippen LogP contribution in [0.5, 0.6) is 0 Å². The van der Waals surface area contributed by atoms with E-state index in [1.807, 2.05) is 13.0 Å². The van der Waals surface area contributed by atoms with Gasteiger partial charge in [-0.1, -0.05) is 39.7 Å². The lowest BCUT2D eigenvalue weighted by atomic mass is 10.0. The number of benzene rings is 2. The largest absolute Gasteiger partial charge is 0.294 e. The number of hydrogen-bond donors (Lipinski definition) is 0. The zero-order valence-electron chi connectivity index (χ0n) is 10.2. The summed E-state index contributed by atoms with van der Waals surface area (Å²) in [4.78, 5) is 12.2. The second kappa shape index (κ2) is 5.85. The number of aryl methyl sites for hydroxylation is 1. The Balaban J connectivity index is 2.28. The molecule has 0 aliphatic rings. The standard InChI is InChI=1S/C15H11BrClFO/c1-9-5-11(7-12(16)6-9)14(19)8-10-3-2-4-13(17)15(10)18/h2-7H,8H2,1H3. The Labute approximate surface area is 124 Å². The highest BCUT2D eigenvalue weighted by molar-refractivity contribution is 9.10. The molecule has 0 saturated heterocycles. The highest BCUT2D eigenvalue weighted by atomic mass is 79.9. The van der Waals surface area contributed by atoms with Crippen molar-refractivity contribution < 1.29 is 9.18 Å². The second-order valence-corrected chi connectivity index (χ2v) is 5.65. The summed E-state index contributed by atoms with van der Waals surface area (Å²) in [5.74, 6) is -0.658. The maximum atomic E-state index is 13.7. The van der Waals surface area contributed by atoms with Crippen molar-refractivity contribution >= 4 is 33.3 Å². The topological polar surface area (TPSA) is 17.1 Å². The fourth-order valence-electron chi connectivity index (χ4n) is 1.86. The van der Waals surface area contributed by atoms with Crippen LogP contribution in [-0.4, -0.2) is 5.78 Å². The van der Waals surface area contributed by atoms with Crippen molar-refractivity contribution in [1.82, 2.24) is 0 Å². The first kappa shape index (κ1) is 14.2. The van der Waals surface area contributed by atoms with Crippen LogP contribution in [0.1, 0.15) is 21.5 Å². The maximum Gasteiger partial charge on any atom is 0.167 e. The number of carbonyl (C=O) groups is 1. The number of ketones is 1. The van der Waals surface area contributed by atoms with Crippen molar-refractivity contribution in [3.05, 3.63) is 68.4 Å². The zero-order chi connectivity index (χ0) is 14.0. The molecule has 0 spiro atoms. The van der Waals surface area contributed by atoms with Crippen molar-refractivity contribution in [3.8, 4) is 0 Å². The molecule has 0 fully saturated rings. The highest BCUT2D eigenvalue weighted by Crippen LogP contribution is 2.21. The molecular formula is C15H11BrClFO. The molecule has 0 aliphatic carbocycles. The van der Waals surface area contributed by atoms with E-state index in [-0.39, 0.29) is 17.2 Å². The van der Waals surface area contributed by atoms with E-state index in [1.54, 1.807) is 24.3 Å². The predicted molar refractivity (Wildman–Crippen MR) is 78.3 cm³/mol. The van der Waals surface area contributed by atoms with Crippen LogP contribution >= 0.6 is 27.5 Å². The summed E-state index contributed by atoms with van der Waals surface area (Å²) in [6, 6.07) is 10.1. The van der Waals surface area contributed by atoms with E-state index >= 15 is 0 Å². The Kier molecular flexibility index (Phi) is 4.38. The Hall–Kier alpha value is -1.19. The van der Waals surface area contributed by atoms with E-state index in [9.17, 15) is 9.18 Å². The minimum atomic E-state index is -0.524. The summed E-state index contributed by atoms with van der Waals surface area (Å²) in [6.07, 6.45) is 0.00227. The molecular weight excluding hydrogens is 331 g/mol. The third kappa shape index (κ3) is 3.43. The van der Waals surface area contributed by atoms with Gasteiger partial charge in [0, 0.05) is 16.5 Å². The number of halogens is 3. The molecule has 0 aromatic heterocycles. The molecule has 0 atom stereocenters. The molecule has 19 heavy (non-hydrogen) atoms. The smallest absolute Gasteiger partial charge is 0.167 e. The zero-order valence-corrected chi connectivity index (χ0v) is 12.6. The van der Waals surface area contributed by atoms with Crippen LogP contribution < -0.4 is 0 Å². The molecule has 0 heterocycles. The maximum absolute atomic E-state index is 13.7. The van der Waals surface area contributed by atoms with Gasteiger partial charge in [0.2, 0.25) is 0 Å². The molecule has 2 aromatic rings. The van der Waals surface area contributed by atoms with Crippen LogP contribution in [0.4, 0.5) is 4.39 Å². The Morgan fingerprint density at radius 2 is 2.05 bits per heavy atom. The predicted octanol–water partition coefficient (Wildman–Crippen LogP) is 4.98. The van der Waals surface area contributed by atoms with E-state index in [4.69, 9.17) is 11.6 Å². The van der Waals surface area contributed by atoms with Gasteiger partial charge in [-0.05, 0) is 42.3 Å². The summed E-state index contributed by atoms with van der Waals surface area (Å²) < 4.78 is 14.6. The minimum Gasteiger partial charge on any atom is -0.294 e. The van der Waals surface area contributed by atoms with Gasteiger partial charge in [-0.15, -0.1) is 0 Å². The van der Waals surface area contributed by atoms with Gasteiger partial charge < -0.3 is 0 Å². The van der Waals surface area contributed by atoms with Gasteiger partial charge in [0.15, 0.2) is 5.78 Å². The van der Waals surface area contributed by atoms with Gasteiger partial charge in [0.05, 0.1) is 5.02 Å². The van der Waals surface area contributed by atoms with Crippen molar-refractivity contribution in [1.29, 1.82) is 0 Å². The normalized spacial score (nSPS) is 10.5. The van der Waals surface area contributed by atoms with Crippen LogP contribution in [-0.2, 0) is 6.42 Å². The van der Waals surface area contributed by atoms with E-state index in [1.165, 1.54) is 6.07 Å². The summed E-state index contributed by atoms with van der Waals surface area (Å²) in [7, 11) is 0. The van der Waals surface area contributed by atoms with Gasteiger partial charge in [0.1, 0.15) is 5.82 Å². The first-order valence-electron chi connectivity index (χ1n) is 5.70. The monoisotopic (exact) mass is 340 g/mol. The molecule has 2 aromatic carbocycles. The summed E-state index contributed by atoms with van der Waals surface area (Å²) in [5, 5.41) is 0.0377. The molecule has 0 aliphatic heterocycles. The van der Waals surface area contributed by atoms with Crippen LogP contribution in [0, 0.1) is 12.7 Å². The molecule has 0 unspecified atom stereocenters. The van der Waals surface area contributed by atoms with Gasteiger partial charge in [-0.2, -0.15) is 0 Å². The summed E-state index contributed by atoms with van der Waals surface area (Å²) >= 11 is 9.05. The molecule has 0 saturated carbocycles. The first-order valence-corrected chi connectivity index (χ1v) is 6.88. The van der Waals surface area contributed by atoms with Gasteiger partial charge in [0.25, 0.3) is 0 Å². The van der Waals surface area contributed by atoms with E-state index in [0.29, 0.717) is 11.1 Å². The van der Waals surface area contributed by atoms with Crippen LogP contribution in [0.2, 0.25) is 5.02 Å². The number of carbonyl (C=O) groups excluding carboxylic acids is 1. The quantitative estimate of drug-likeness (QED) is 0.720. The molecule has 0 bridgehead atoms. The average Bonchev–Trinajstić information content (AvgIpc) is 2.33. The average molecular weight is 342 g/mol. The molecule has 0 amide bonds. The highest BCUT2D eigenvalue weighted by Gasteiger charge is 2.13. The molecule has 0 N–H and O–H groups in total. The number of hydrogen-bond acceptors (Lipinski definition) is 1. The third-order valence-corrected chi connectivity index (χ3v) is 3.50. The van der Waals surface area contributed by atoms with E-state index in [0.717, 1.165) is 10.0 Å².